The molecule has 0 saturated heterocycles. The number of hydrogen-bond donors (Lipinski definition) is 1. The Morgan fingerprint density at radius 2 is 1.92 bits per heavy atom. The van der Waals surface area contributed by atoms with Gasteiger partial charge in [0.05, 0.1) is 17.7 Å². The summed E-state index contributed by atoms with van der Waals surface area (Å²) in [7, 11) is 1.24. The Hall–Kier alpha value is -1.79. The summed E-state index contributed by atoms with van der Waals surface area (Å²) in [4.78, 5) is 35.6. The Morgan fingerprint density at radius 1 is 1.25 bits per heavy atom. The topological polar surface area (TPSA) is 81.7 Å². The largest absolute Gasteiger partial charge is 0.467 e. The summed E-state index contributed by atoms with van der Waals surface area (Å²) in [5, 5.41) is 3.01. The molecule has 6 nitrogen and oxygen atoms in total. The molecule has 1 aromatic rings. The average Bonchev–Trinajstić information content (AvgIpc) is 2.56. The highest BCUT2D eigenvalue weighted by atomic mass is 35.5. The van der Waals surface area contributed by atoms with E-state index >= 15 is 0 Å². The van der Waals surface area contributed by atoms with Gasteiger partial charge in [0.2, 0.25) is 0 Å². The number of methoxy groups -OCH3 is 1. The van der Waals surface area contributed by atoms with Crippen LogP contribution in [0.25, 0.3) is 0 Å². The van der Waals surface area contributed by atoms with Crippen molar-refractivity contribution in [3.8, 4) is 0 Å². The Balaban J connectivity index is 2.64. The number of benzene rings is 1. The van der Waals surface area contributed by atoms with Crippen molar-refractivity contribution in [2.24, 2.45) is 5.92 Å². The molecule has 1 amide bonds. The smallest absolute Gasteiger partial charge is 0.340 e. The van der Waals surface area contributed by atoms with Crippen molar-refractivity contribution in [1.29, 1.82) is 0 Å². The average molecular weight is 376 g/mol. The van der Waals surface area contributed by atoms with E-state index in [4.69, 9.17) is 27.9 Å². The van der Waals surface area contributed by atoms with Crippen LogP contribution >= 0.6 is 23.2 Å². The van der Waals surface area contributed by atoms with Crippen LogP contribution in [-0.2, 0) is 19.1 Å². The number of halogens is 2. The van der Waals surface area contributed by atoms with E-state index in [9.17, 15) is 14.4 Å². The zero-order valence-electron chi connectivity index (χ0n) is 13.6. The molecule has 132 valence electrons. The molecular weight excluding hydrogens is 357 g/mol. The predicted molar refractivity (Wildman–Crippen MR) is 90.1 cm³/mol. The second-order valence-corrected chi connectivity index (χ2v) is 6.00. The number of carbonyl (C=O) groups is 3. The van der Waals surface area contributed by atoms with Crippen molar-refractivity contribution >= 4 is 41.0 Å². The van der Waals surface area contributed by atoms with Crippen LogP contribution in [0.4, 0.5) is 0 Å². The van der Waals surface area contributed by atoms with Crippen molar-refractivity contribution in [3.63, 3.8) is 0 Å². The van der Waals surface area contributed by atoms with Gasteiger partial charge >= 0.3 is 11.9 Å². The van der Waals surface area contributed by atoms with Crippen molar-refractivity contribution in [3.05, 3.63) is 33.8 Å². The molecule has 0 saturated carbocycles. The number of hydrogen-bond acceptors (Lipinski definition) is 5. The van der Waals surface area contributed by atoms with Crippen molar-refractivity contribution in [1.82, 2.24) is 5.32 Å². The lowest BCUT2D eigenvalue weighted by molar-refractivity contribution is -0.147. The molecule has 0 aromatic heterocycles. The highest BCUT2D eigenvalue weighted by Crippen LogP contribution is 2.21. The van der Waals surface area contributed by atoms with Crippen molar-refractivity contribution in [2.45, 2.75) is 26.3 Å². The maximum absolute atomic E-state index is 11.9. The molecule has 1 N–H and O–H groups in total. The van der Waals surface area contributed by atoms with Crippen LogP contribution in [0.5, 0.6) is 0 Å². The normalized spacial score (nSPS) is 12.9. The maximum atomic E-state index is 11.9. The SMILES string of the molecule is CC[C@H](C)[C@@H](NC(=O)COC(=O)c1ccc(Cl)cc1Cl)C(=O)OC. The summed E-state index contributed by atoms with van der Waals surface area (Å²) in [6.45, 7) is 3.15. The number of rotatable bonds is 7. The van der Waals surface area contributed by atoms with E-state index in [0.29, 0.717) is 11.4 Å². The van der Waals surface area contributed by atoms with E-state index in [1.807, 2.05) is 6.92 Å². The second-order valence-electron chi connectivity index (χ2n) is 5.15. The molecule has 0 heterocycles. The fraction of sp³-hybridized carbons (Fsp3) is 0.438. The van der Waals surface area contributed by atoms with Gasteiger partial charge in [0.15, 0.2) is 6.61 Å². The van der Waals surface area contributed by atoms with Crippen LogP contribution in [0, 0.1) is 5.92 Å². The van der Waals surface area contributed by atoms with Crippen LogP contribution in [0.2, 0.25) is 10.0 Å². The maximum Gasteiger partial charge on any atom is 0.340 e. The minimum atomic E-state index is -0.801. The van der Waals surface area contributed by atoms with E-state index in [0.717, 1.165) is 0 Å². The third-order valence-electron chi connectivity index (χ3n) is 3.47. The minimum Gasteiger partial charge on any atom is -0.467 e. The fourth-order valence-electron chi connectivity index (χ4n) is 1.88. The Kier molecular flexibility index (Phi) is 8.01. The lowest BCUT2D eigenvalue weighted by Gasteiger charge is -2.21. The van der Waals surface area contributed by atoms with Crippen molar-refractivity contribution < 1.29 is 23.9 Å². The minimum absolute atomic E-state index is 0.0975. The molecule has 24 heavy (non-hydrogen) atoms. The molecule has 1 aromatic carbocycles. The zero-order chi connectivity index (χ0) is 18.3. The van der Waals surface area contributed by atoms with E-state index < -0.39 is 30.5 Å². The van der Waals surface area contributed by atoms with Crippen LogP contribution in [0.15, 0.2) is 18.2 Å². The van der Waals surface area contributed by atoms with Gasteiger partial charge in [-0.3, -0.25) is 4.79 Å². The van der Waals surface area contributed by atoms with E-state index in [-0.39, 0.29) is 16.5 Å². The van der Waals surface area contributed by atoms with Gasteiger partial charge < -0.3 is 14.8 Å². The molecule has 0 unspecified atom stereocenters. The van der Waals surface area contributed by atoms with E-state index in [2.05, 4.69) is 10.1 Å². The highest BCUT2D eigenvalue weighted by molar-refractivity contribution is 6.36. The fourth-order valence-corrected chi connectivity index (χ4v) is 2.36. The second kappa shape index (κ2) is 9.49. The summed E-state index contributed by atoms with van der Waals surface area (Å²) in [6.07, 6.45) is 0.667. The summed E-state index contributed by atoms with van der Waals surface area (Å²) >= 11 is 11.6. The zero-order valence-corrected chi connectivity index (χ0v) is 15.1. The highest BCUT2D eigenvalue weighted by Gasteiger charge is 2.27. The summed E-state index contributed by atoms with van der Waals surface area (Å²) < 4.78 is 9.57. The molecule has 1 rings (SSSR count). The quantitative estimate of drug-likeness (QED) is 0.740. The number of carbonyl (C=O) groups excluding carboxylic acids is 3. The standard InChI is InChI=1S/C16H19Cl2NO5/c1-4-9(2)14(16(22)23-3)19-13(20)8-24-15(21)11-6-5-10(17)7-12(11)18/h5-7,9,14H,4,8H2,1-3H3,(H,19,20)/t9-,14+/m0/s1. The van der Waals surface area contributed by atoms with Gasteiger partial charge in [0.1, 0.15) is 6.04 Å². The lowest BCUT2D eigenvalue weighted by Crippen LogP contribution is -2.47. The van der Waals surface area contributed by atoms with Gasteiger partial charge in [-0.1, -0.05) is 43.5 Å². The van der Waals surface area contributed by atoms with E-state index in [1.165, 1.54) is 25.3 Å². The molecule has 0 radical (unpaired) electrons. The summed E-state index contributed by atoms with van der Waals surface area (Å²) in [5.74, 6) is -2.04. The molecule has 0 aliphatic heterocycles. The molecule has 2 atom stereocenters. The van der Waals surface area contributed by atoms with Gasteiger partial charge in [0, 0.05) is 5.02 Å². The van der Waals surface area contributed by atoms with Gasteiger partial charge in [0.25, 0.3) is 5.91 Å². The monoisotopic (exact) mass is 375 g/mol. The Labute approximate surface area is 150 Å². The molecular formula is C16H19Cl2NO5. The van der Waals surface area contributed by atoms with Gasteiger partial charge in [-0.25, -0.2) is 9.59 Å². The van der Waals surface area contributed by atoms with Gasteiger partial charge in [-0.05, 0) is 24.1 Å². The lowest BCUT2D eigenvalue weighted by atomic mass is 9.99. The molecule has 0 spiro atoms. The Morgan fingerprint density at radius 3 is 2.46 bits per heavy atom. The van der Waals surface area contributed by atoms with Crippen molar-refractivity contribution in [2.75, 3.05) is 13.7 Å². The number of ether oxygens (including phenoxy) is 2. The first kappa shape index (κ1) is 20.3. The van der Waals surface area contributed by atoms with Gasteiger partial charge in [-0.2, -0.15) is 0 Å². The molecule has 0 bridgehead atoms. The van der Waals surface area contributed by atoms with Gasteiger partial charge in [-0.15, -0.1) is 0 Å². The number of nitrogens with one attached hydrogen (secondary N) is 1. The molecule has 0 aliphatic rings. The summed E-state index contributed by atoms with van der Waals surface area (Å²) in [5.41, 5.74) is 0.0975. The third kappa shape index (κ3) is 5.69. The summed E-state index contributed by atoms with van der Waals surface area (Å²) in [6, 6.07) is 3.49. The first-order valence-electron chi connectivity index (χ1n) is 7.29. The van der Waals surface area contributed by atoms with Crippen LogP contribution in [0.3, 0.4) is 0 Å². The van der Waals surface area contributed by atoms with Crippen LogP contribution in [-0.4, -0.2) is 37.6 Å². The first-order valence-corrected chi connectivity index (χ1v) is 8.05. The van der Waals surface area contributed by atoms with Crippen LogP contribution in [0.1, 0.15) is 30.6 Å². The number of esters is 2. The molecule has 8 heteroatoms. The predicted octanol–water partition coefficient (Wildman–Crippen LogP) is 2.85. The third-order valence-corrected chi connectivity index (χ3v) is 4.02. The molecule has 0 fully saturated rings. The first-order chi connectivity index (χ1) is 11.3. The van der Waals surface area contributed by atoms with Crippen LogP contribution < -0.4 is 5.32 Å². The molecule has 0 aliphatic carbocycles. The van der Waals surface area contributed by atoms with E-state index in [1.54, 1.807) is 6.92 Å². The number of amides is 1. The Bertz CT molecular complexity index is 620.